The first-order valence-corrected chi connectivity index (χ1v) is 13.3. The lowest BCUT2D eigenvalue weighted by Gasteiger charge is -2.33. The van der Waals surface area contributed by atoms with Crippen molar-refractivity contribution in [2.24, 2.45) is 0 Å². The average molecular weight is 267 g/mol. The maximum atomic E-state index is 3.79. The number of rotatable bonds is 5. The highest BCUT2D eigenvalue weighted by molar-refractivity contribution is 6.75. The summed E-state index contributed by atoms with van der Waals surface area (Å²) >= 11 is 0. The largest absolute Gasteiger partial charge is 0.320 e. The zero-order chi connectivity index (χ0) is 13.1. The standard InChI is InChI=1S/C13H26N2Si2/c1-16(2,3)14-13(15-17(4,5)6)12-10-8-7-9-11-12/h7-11,13-15H,1-6H3. The molecule has 0 heterocycles. The topological polar surface area (TPSA) is 24.1 Å². The SMILES string of the molecule is C[Si](C)(C)NC(N[Si](C)(C)C)c1ccccc1. The van der Waals surface area contributed by atoms with E-state index in [2.05, 4.69) is 79.6 Å². The lowest BCUT2D eigenvalue weighted by atomic mass is 10.2. The van der Waals surface area contributed by atoms with E-state index in [0.717, 1.165) is 0 Å². The van der Waals surface area contributed by atoms with Gasteiger partial charge >= 0.3 is 0 Å². The van der Waals surface area contributed by atoms with Gasteiger partial charge < -0.3 is 9.96 Å². The van der Waals surface area contributed by atoms with Gasteiger partial charge in [0.25, 0.3) is 0 Å². The first-order chi connectivity index (χ1) is 7.67. The molecule has 0 aliphatic carbocycles. The van der Waals surface area contributed by atoms with Crippen molar-refractivity contribution in [1.82, 2.24) is 9.96 Å². The van der Waals surface area contributed by atoms with Crippen LogP contribution in [0.5, 0.6) is 0 Å². The van der Waals surface area contributed by atoms with Crippen LogP contribution in [0.2, 0.25) is 39.3 Å². The third kappa shape index (κ3) is 6.17. The van der Waals surface area contributed by atoms with Crippen LogP contribution in [0.1, 0.15) is 11.7 Å². The minimum absolute atomic E-state index is 0.300. The molecule has 1 aromatic rings. The number of hydrogen-bond acceptors (Lipinski definition) is 2. The van der Waals surface area contributed by atoms with Gasteiger partial charge in [-0.2, -0.15) is 0 Å². The molecule has 2 nitrogen and oxygen atoms in total. The predicted molar refractivity (Wildman–Crippen MR) is 82.1 cm³/mol. The van der Waals surface area contributed by atoms with Crippen LogP contribution in [0.25, 0.3) is 0 Å². The molecule has 0 radical (unpaired) electrons. The summed E-state index contributed by atoms with van der Waals surface area (Å²) in [6.45, 7) is 14.1. The molecule has 0 atom stereocenters. The van der Waals surface area contributed by atoms with Crippen LogP contribution in [-0.2, 0) is 0 Å². The summed E-state index contributed by atoms with van der Waals surface area (Å²) in [5.41, 5.74) is 1.34. The fourth-order valence-electron chi connectivity index (χ4n) is 1.71. The quantitative estimate of drug-likeness (QED) is 0.629. The Kier molecular flexibility index (Phi) is 4.72. The number of hydrogen-bond donors (Lipinski definition) is 2. The van der Waals surface area contributed by atoms with Gasteiger partial charge in [0.2, 0.25) is 0 Å². The molecule has 0 unspecified atom stereocenters. The Balaban J connectivity index is 2.87. The molecule has 1 aromatic carbocycles. The second-order valence-electron chi connectivity index (χ2n) is 6.63. The maximum Gasteiger partial charge on any atom is 0.117 e. The smallest absolute Gasteiger partial charge is 0.117 e. The molecule has 4 heteroatoms. The Morgan fingerprint density at radius 1 is 0.765 bits per heavy atom. The van der Waals surface area contributed by atoms with Crippen LogP contribution in [0, 0.1) is 0 Å². The summed E-state index contributed by atoms with van der Waals surface area (Å²) in [5.74, 6) is 0. The number of benzene rings is 1. The lowest BCUT2D eigenvalue weighted by Crippen LogP contribution is -2.55. The van der Waals surface area contributed by atoms with Crippen molar-refractivity contribution in [3.8, 4) is 0 Å². The van der Waals surface area contributed by atoms with Crippen molar-refractivity contribution in [2.75, 3.05) is 0 Å². The van der Waals surface area contributed by atoms with Crippen LogP contribution in [-0.4, -0.2) is 16.5 Å². The Morgan fingerprint density at radius 3 is 1.53 bits per heavy atom. The van der Waals surface area contributed by atoms with E-state index < -0.39 is 16.5 Å². The van der Waals surface area contributed by atoms with E-state index >= 15 is 0 Å². The predicted octanol–water partition coefficient (Wildman–Crippen LogP) is 3.53. The van der Waals surface area contributed by atoms with Gasteiger partial charge in [-0.3, -0.25) is 0 Å². The first kappa shape index (κ1) is 14.6. The second-order valence-corrected chi connectivity index (χ2v) is 16.2. The highest BCUT2D eigenvalue weighted by Gasteiger charge is 2.24. The van der Waals surface area contributed by atoms with E-state index in [1.807, 2.05) is 0 Å². The molecular weight excluding hydrogens is 240 g/mol. The zero-order valence-electron chi connectivity index (χ0n) is 12.0. The fourth-order valence-corrected chi connectivity index (χ4v) is 4.07. The molecule has 0 aliphatic heterocycles. The molecule has 0 fully saturated rings. The summed E-state index contributed by atoms with van der Waals surface area (Å²) in [4.78, 5) is 7.58. The van der Waals surface area contributed by atoms with E-state index in [9.17, 15) is 0 Å². The molecule has 0 amide bonds. The normalized spacial score (nSPS) is 13.1. The van der Waals surface area contributed by atoms with Gasteiger partial charge in [0.05, 0.1) is 6.17 Å². The molecule has 0 aromatic heterocycles. The first-order valence-electron chi connectivity index (χ1n) is 6.28. The molecule has 0 saturated carbocycles. The Hall–Kier alpha value is -0.426. The monoisotopic (exact) mass is 266 g/mol. The minimum atomic E-state index is -1.29. The Labute approximate surface area is 108 Å². The van der Waals surface area contributed by atoms with Gasteiger partial charge in [-0.15, -0.1) is 0 Å². The summed E-state index contributed by atoms with van der Waals surface area (Å²) in [6.07, 6.45) is 0.300. The van der Waals surface area contributed by atoms with E-state index in [-0.39, 0.29) is 0 Å². The average Bonchev–Trinajstić information content (AvgIpc) is 2.14. The molecule has 0 saturated heterocycles. The molecule has 0 aliphatic rings. The molecule has 0 bridgehead atoms. The van der Waals surface area contributed by atoms with Gasteiger partial charge in [-0.1, -0.05) is 69.6 Å². The van der Waals surface area contributed by atoms with Crippen molar-refractivity contribution in [2.45, 2.75) is 45.4 Å². The van der Waals surface area contributed by atoms with Gasteiger partial charge in [0.1, 0.15) is 16.5 Å². The minimum Gasteiger partial charge on any atom is -0.320 e. The van der Waals surface area contributed by atoms with Crippen LogP contribution in [0.3, 0.4) is 0 Å². The molecule has 96 valence electrons. The molecule has 0 spiro atoms. The zero-order valence-corrected chi connectivity index (χ0v) is 14.0. The maximum absolute atomic E-state index is 3.79. The van der Waals surface area contributed by atoms with E-state index in [0.29, 0.717) is 6.17 Å². The van der Waals surface area contributed by atoms with Crippen molar-refractivity contribution < 1.29 is 0 Å². The highest BCUT2D eigenvalue weighted by Crippen LogP contribution is 2.15. The third-order valence-corrected chi connectivity index (χ3v) is 4.60. The molecular formula is C13H26N2Si2. The van der Waals surface area contributed by atoms with Crippen molar-refractivity contribution in [3.05, 3.63) is 35.9 Å². The number of nitrogens with one attached hydrogen (secondary N) is 2. The Morgan fingerprint density at radius 2 is 1.18 bits per heavy atom. The van der Waals surface area contributed by atoms with Gasteiger partial charge in [-0.25, -0.2) is 0 Å². The molecule has 17 heavy (non-hydrogen) atoms. The fraction of sp³-hybridized carbons (Fsp3) is 0.538. The Bertz CT molecular complexity index is 323. The van der Waals surface area contributed by atoms with Crippen LogP contribution < -0.4 is 9.96 Å². The molecule has 1 rings (SSSR count). The second kappa shape index (κ2) is 5.48. The van der Waals surface area contributed by atoms with Gasteiger partial charge in [0, 0.05) is 0 Å². The van der Waals surface area contributed by atoms with Gasteiger partial charge in [0.15, 0.2) is 0 Å². The summed E-state index contributed by atoms with van der Waals surface area (Å²) < 4.78 is 0. The lowest BCUT2D eigenvalue weighted by molar-refractivity contribution is 0.611. The highest BCUT2D eigenvalue weighted by atomic mass is 28.3. The van der Waals surface area contributed by atoms with E-state index in [1.165, 1.54) is 5.56 Å². The van der Waals surface area contributed by atoms with Crippen molar-refractivity contribution in [3.63, 3.8) is 0 Å². The van der Waals surface area contributed by atoms with Crippen LogP contribution in [0.15, 0.2) is 30.3 Å². The van der Waals surface area contributed by atoms with Crippen LogP contribution >= 0.6 is 0 Å². The summed E-state index contributed by atoms with van der Waals surface area (Å²) in [7, 11) is -2.59. The summed E-state index contributed by atoms with van der Waals surface area (Å²) in [6, 6.07) is 10.7. The van der Waals surface area contributed by atoms with E-state index in [4.69, 9.17) is 0 Å². The van der Waals surface area contributed by atoms with E-state index in [1.54, 1.807) is 0 Å². The van der Waals surface area contributed by atoms with Crippen molar-refractivity contribution in [1.29, 1.82) is 0 Å². The van der Waals surface area contributed by atoms with Crippen molar-refractivity contribution >= 4 is 16.5 Å². The molecule has 2 N–H and O–H groups in total. The van der Waals surface area contributed by atoms with Crippen LogP contribution in [0.4, 0.5) is 0 Å². The van der Waals surface area contributed by atoms with Gasteiger partial charge in [-0.05, 0) is 5.56 Å². The third-order valence-electron chi connectivity index (χ3n) is 2.29. The summed E-state index contributed by atoms with van der Waals surface area (Å²) in [5, 5.41) is 0.